The zero-order chi connectivity index (χ0) is 13.1. The van der Waals surface area contributed by atoms with E-state index in [9.17, 15) is 9.59 Å². The van der Waals surface area contributed by atoms with Gasteiger partial charge < -0.3 is 9.64 Å². The Morgan fingerprint density at radius 2 is 2.28 bits per heavy atom. The van der Waals surface area contributed by atoms with E-state index in [4.69, 9.17) is 4.74 Å². The summed E-state index contributed by atoms with van der Waals surface area (Å²) in [4.78, 5) is 29.5. The quantitative estimate of drug-likeness (QED) is 0.733. The molecule has 0 saturated carbocycles. The molecule has 1 unspecified atom stereocenters. The number of amides is 1. The van der Waals surface area contributed by atoms with E-state index in [1.807, 2.05) is 0 Å². The van der Waals surface area contributed by atoms with Crippen LogP contribution in [0.5, 0.6) is 0 Å². The molecule has 1 aromatic rings. The first-order valence-corrected chi connectivity index (χ1v) is 5.92. The normalized spacial score (nSPS) is 18.8. The lowest BCUT2D eigenvalue weighted by atomic mass is 10.1. The van der Waals surface area contributed by atoms with Crippen LogP contribution in [0.2, 0.25) is 0 Å². The lowest BCUT2D eigenvalue weighted by Crippen LogP contribution is -2.30. The molecule has 1 amide bonds. The molecule has 1 aromatic heterocycles. The SMILES string of the molecule is COC(=O)C1CCN(C(=O)c2cccnc2C)C1. The molecular formula is C13H16N2O3. The zero-order valence-corrected chi connectivity index (χ0v) is 10.5. The Labute approximate surface area is 106 Å². The lowest BCUT2D eigenvalue weighted by Gasteiger charge is -2.16. The molecule has 0 bridgehead atoms. The summed E-state index contributed by atoms with van der Waals surface area (Å²) in [6, 6.07) is 3.50. The van der Waals surface area contributed by atoms with Crippen molar-refractivity contribution in [3.8, 4) is 0 Å². The van der Waals surface area contributed by atoms with Crippen LogP contribution in [0, 0.1) is 12.8 Å². The molecule has 0 aliphatic carbocycles. The highest BCUT2D eigenvalue weighted by molar-refractivity contribution is 5.95. The van der Waals surface area contributed by atoms with E-state index in [-0.39, 0.29) is 17.8 Å². The van der Waals surface area contributed by atoms with Crippen LogP contribution in [-0.2, 0) is 9.53 Å². The molecule has 18 heavy (non-hydrogen) atoms. The summed E-state index contributed by atoms with van der Waals surface area (Å²) in [7, 11) is 1.37. The van der Waals surface area contributed by atoms with E-state index >= 15 is 0 Å². The topological polar surface area (TPSA) is 59.5 Å². The molecule has 96 valence electrons. The second-order valence-corrected chi connectivity index (χ2v) is 4.40. The molecule has 0 radical (unpaired) electrons. The summed E-state index contributed by atoms with van der Waals surface area (Å²) in [5.41, 5.74) is 1.31. The first kappa shape index (κ1) is 12.5. The Hall–Kier alpha value is -1.91. The van der Waals surface area contributed by atoms with Crippen molar-refractivity contribution in [2.75, 3.05) is 20.2 Å². The number of methoxy groups -OCH3 is 1. The Morgan fingerprint density at radius 1 is 1.50 bits per heavy atom. The minimum atomic E-state index is -0.242. The average molecular weight is 248 g/mol. The number of pyridine rings is 1. The lowest BCUT2D eigenvalue weighted by molar-refractivity contribution is -0.144. The van der Waals surface area contributed by atoms with Crippen molar-refractivity contribution in [2.24, 2.45) is 5.92 Å². The van der Waals surface area contributed by atoms with Gasteiger partial charge in [0.25, 0.3) is 5.91 Å². The summed E-state index contributed by atoms with van der Waals surface area (Å²) in [5.74, 6) is -0.504. The Morgan fingerprint density at radius 3 is 2.94 bits per heavy atom. The van der Waals surface area contributed by atoms with Gasteiger partial charge in [0, 0.05) is 25.0 Å². The van der Waals surface area contributed by atoms with Crippen molar-refractivity contribution in [2.45, 2.75) is 13.3 Å². The first-order valence-electron chi connectivity index (χ1n) is 5.92. The number of nitrogens with zero attached hydrogens (tertiary/aromatic N) is 2. The summed E-state index contributed by atoms with van der Waals surface area (Å²) in [6.07, 6.45) is 2.32. The minimum Gasteiger partial charge on any atom is -0.469 e. The number of likely N-dealkylation sites (tertiary alicyclic amines) is 1. The van der Waals surface area contributed by atoms with Gasteiger partial charge in [-0.25, -0.2) is 0 Å². The molecule has 1 atom stereocenters. The summed E-state index contributed by atoms with van der Waals surface area (Å²) >= 11 is 0. The van der Waals surface area contributed by atoms with Gasteiger partial charge in [0.2, 0.25) is 0 Å². The van der Waals surface area contributed by atoms with Crippen molar-refractivity contribution in [3.05, 3.63) is 29.6 Å². The highest BCUT2D eigenvalue weighted by Gasteiger charge is 2.32. The molecule has 0 N–H and O–H groups in total. The fourth-order valence-corrected chi connectivity index (χ4v) is 2.18. The van der Waals surface area contributed by atoms with Gasteiger partial charge in [-0.3, -0.25) is 14.6 Å². The molecular weight excluding hydrogens is 232 g/mol. The standard InChI is InChI=1S/C13H16N2O3/c1-9-11(4-3-6-14-9)12(16)15-7-5-10(8-15)13(17)18-2/h3-4,6,10H,5,7-8H2,1-2H3. The fraction of sp³-hybridized carbons (Fsp3) is 0.462. The predicted octanol–water partition coefficient (Wildman–Crippen LogP) is 1.03. The maximum Gasteiger partial charge on any atom is 0.310 e. The van der Waals surface area contributed by atoms with Crippen LogP contribution < -0.4 is 0 Å². The molecule has 1 fully saturated rings. The van der Waals surface area contributed by atoms with Gasteiger partial charge in [-0.2, -0.15) is 0 Å². The number of hydrogen-bond acceptors (Lipinski definition) is 4. The molecule has 1 saturated heterocycles. The van der Waals surface area contributed by atoms with Crippen LogP contribution in [0.15, 0.2) is 18.3 Å². The van der Waals surface area contributed by atoms with Gasteiger partial charge in [0.05, 0.1) is 18.6 Å². The highest BCUT2D eigenvalue weighted by Crippen LogP contribution is 2.20. The number of carbonyl (C=O) groups is 2. The fourth-order valence-electron chi connectivity index (χ4n) is 2.18. The zero-order valence-electron chi connectivity index (χ0n) is 10.5. The van der Waals surface area contributed by atoms with Crippen molar-refractivity contribution in [1.82, 2.24) is 9.88 Å². The Balaban J connectivity index is 2.08. The van der Waals surface area contributed by atoms with Gasteiger partial charge in [-0.1, -0.05) is 0 Å². The minimum absolute atomic E-state index is 0.0630. The van der Waals surface area contributed by atoms with Crippen LogP contribution in [0.25, 0.3) is 0 Å². The van der Waals surface area contributed by atoms with Crippen LogP contribution in [-0.4, -0.2) is 42.0 Å². The molecule has 2 heterocycles. The van der Waals surface area contributed by atoms with Crippen LogP contribution >= 0.6 is 0 Å². The molecule has 2 rings (SSSR count). The molecule has 5 heteroatoms. The monoisotopic (exact) mass is 248 g/mol. The van der Waals surface area contributed by atoms with Crippen molar-refractivity contribution < 1.29 is 14.3 Å². The Kier molecular flexibility index (Phi) is 3.60. The summed E-state index contributed by atoms with van der Waals surface area (Å²) < 4.78 is 4.70. The molecule has 1 aliphatic rings. The van der Waals surface area contributed by atoms with Gasteiger partial charge in [0.1, 0.15) is 0 Å². The summed E-state index contributed by atoms with van der Waals surface area (Å²) in [5, 5.41) is 0. The van der Waals surface area contributed by atoms with E-state index in [1.165, 1.54) is 7.11 Å². The number of carbonyl (C=O) groups excluding carboxylic acids is 2. The van der Waals surface area contributed by atoms with Crippen molar-refractivity contribution in [3.63, 3.8) is 0 Å². The van der Waals surface area contributed by atoms with E-state index < -0.39 is 0 Å². The number of hydrogen-bond donors (Lipinski definition) is 0. The number of aromatic nitrogens is 1. The number of ether oxygens (including phenoxy) is 1. The maximum absolute atomic E-state index is 12.3. The van der Waals surface area contributed by atoms with Crippen molar-refractivity contribution in [1.29, 1.82) is 0 Å². The van der Waals surface area contributed by atoms with E-state index in [0.29, 0.717) is 30.8 Å². The van der Waals surface area contributed by atoms with E-state index in [1.54, 1.807) is 30.2 Å². The third kappa shape index (κ3) is 2.34. The van der Waals surface area contributed by atoms with E-state index in [2.05, 4.69) is 4.98 Å². The van der Waals surface area contributed by atoms with Crippen LogP contribution in [0.4, 0.5) is 0 Å². The third-order valence-electron chi connectivity index (χ3n) is 3.25. The highest BCUT2D eigenvalue weighted by atomic mass is 16.5. The van der Waals surface area contributed by atoms with Crippen molar-refractivity contribution >= 4 is 11.9 Å². The molecule has 5 nitrogen and oxygen atoms in total. The van der Waals surface area contributed by atoms with Crippen LogP contribution in [0.3, 0.4) is 0 Å². The summed E-state index contributed by atoms with van der Waals surface area (Å²) in [6.45, 7) is 2.83. The molecule has 0 aromatic carbocycles. The van der Waals surface area contributed by atoms with Gasteiger partial charge >= 0.3 is 5.97 Å². The smallest absolute Gasteiger partial charge is 0.310 e. The number of aryl methyl sites for hydroxylation is 1. The van der Waals surface area contributed by atoms with E-state index in [0.717, 1.165) is 0 Å². The average Bonchev–Trinajstić information content (AvgIpc) is 2.87. The van der Waals surface area contributed by atoms with Crippen LogP contribution in [0.1, 0.15) is 22.5 Å². The second-order valence-electron chi connectivity index (χ2n) is 4.40. The molecule has 0 spiro atoms. The Bertz CT molecular complexity index is 473. The largest absolute Gasteiger partial charge is 0.469 e. The predicted molar refractivity (Wildman–Crippen MR) is 65.0 cm³/mol. The van der Waals surface area contributed by atoms with Gasteiger partial charge in [-0.05, 0) is 25.5 Å². The molecule has 1 aliphatic heterocycles. The second kappa shape index (κ2) is 5.16. The number of rotatable bonds is 2. The van der Waals surface area contributed by atoms with Gasteiger partial charge in [0.15, 0.2) is 0 Å². The number of esters is 1. The maximum atomic E-state index is 12.3. The van der Waals surface area contributed by atoms with Gasteiger partial charge in [-0.15, -0.1) is 0 Å². The first-order chi connectivity index (χ1) is 8.63. The third-order valence-corrected chi connectivity index (χ3v) is 3.25.